The zero-order valence-electron chi connectivity index (χ0n) is 15.1. The maximum absolute atomic E-state index is 12.7. The Balaban J connectivity index is 1.63. The van der Waals surface area contributed by atoms with Crippen molar-refractivity contribution in [2.75, 3.05) is 6.54 Å². The molecule has 7 nitrogen and oxygen atoms in total. The van der Waals surface area contributed by atoms with Crippen LogP contribution in [0.2, 0.25) is 0 Å². The van der Waals surface area contributed by atoms with Crippen LogP contribution >= 0.6 is 0 Å². The van der Waals surface area contributed by atoms with E-state index in [9.17, 15) is 9.59 Å². The van der Waals surface area contributed by atoms with Crippen molar-refractivity contribution in [3.8, 4) is 0 Å². The molecule has 1 saturated heterocycles. The molecular formula is C18H25N5O2. The van der Waals surface area contributed by atoms with Crippen molar-refractivity contribution in [1.82, 2.24) is 24.6 Å². The molecule has 2 aromatic heterocycles. The minimum Gasteiger partial charge on any atom is -0.338 e. The van der Waals surface area contributed by atoms with Crippen molar-refractivity contribution in [3.05, 3.63) is 45.4 Å². The van der Waals surface area contributed by atoms with Gasteiger partial charge in [0.1, 0.15) is 5.82 Å². The van der Waals surface area contributed by atoms with Gasteiger partial charge in [0.2, 0.25) is 5.91 Å². The third-order valence-corrected chi connectivity index (χ3v) is 4.79. The van der Waals surface area contributed by atoms with Gasteiger partial charge in [-0.05, 0) is 45.6 Å². The summed E-state index contributed by atoms with van der Waals surface area (Å²) in [7, 11) is 0. The fraction of sp³-hybridized carbons (Fsp3) is 0.556. The summed E-state index contributed by atoms with van der Waals surface area (Å²) in [5.74, 6) is 0.706. The monoisotopic (exact) mass is 343 g/mol. The van der Waals surface area contributed by atoms with Crippen molar-refractivity contribution in [2.45, 2.75) is 59.0 Å². The van der Waals surface area contributed by atoms with Gasteiger partial charge in [-0.3, -0.25) is 14.3 Å². The molecule has 1 aliphatic heterocycles. The molecule has 134 valence electrons. The van der Waals surface area contributed by atoms with E-state index in [0.717, 1.165) is 31.5 Å². The molecule has 0 spiro atoms. The number of aromatic nitrogens is 4. The number of amides is 1. The first-order chi connectivity index (χ1) is 11.9. The van der Waals surface area contributed by atoms with Crippen LogP contribution in [-0.2, 0) is 17.8 Å². The number of carbonyl (C=O) groups is 1. The molecule has 0 radical (unpaired) electrons. The maximum Gasteiger partial charge on any atom is 0.254 e. The predicted molar refractivity (Wildman–Crippen MR) is 94.4 cm³/mol. The summed E-state index contributed by atoms with van der Waals surface area (Å²) in [5, 5.41) is 4.32. The smallest absolute Gasteiger partial charge is 0.254 e. The molecule has 0 saturated carbocycles. The van der Waals surface area contributed by atoms with Gasteiger partial charge in [0, 0.05) is 30.4 Å². The molecule has 1 unspecified atom stereocenters. The Kier molecular flexibility index (Phi) is 5.01. The van der Waals surface area contributed by atoms with Crippen LogP contribution in [0.3, 0.4) is 0 Å². The zero-order chi connectivity index (χ0) is 18.0. The van der Waals surface area contributed by atoms with Gasteiger partial charge in [-0.15, -0.1) is 0 Å². The molecule has 3 rings (SSSR count). The first-order valence-electron chi connectivity index (χ1n) is 8.79. The van der Waals surface area contributed by atoms with Crippen molar-refractivity contribution in [2.24, 2.45) is 0 Å². The average Bonchev–Trinajstić information content (AvgIpc) is 3.15. The highest BCUT2D eigenvalue weighted by Crippen LogP contribution is 2.20. The van der Waals surface area contributed by atoms with Gasteiger partial charge in [0.25, 0.3) is 5.56 Å². The highest BCUT2D eigenvalue weighted by atomic mass is 16.2. The third-order valence-electron chi connectivity index (χ3n) is 4.79. The summed E-state index contributed by atoms with van der Waals surface area (Å²) < 4.78 is 1.91. The molecule has 0 bridgehead atoms. The van der Waals surface area contributed by atoms with Crippen molar-refractivity contribution in [3.63, 3.8) is 0 Å². The summed E-state index contributed by atoms with van der Waals surface area (Å²) in [6.45, 7) is 7.10. The highest BCUT2D eigenvalue weighted by molar-refractivity contribution is 5.77. The second kappa shape index (κ2) is 7.21. The van der Waals surface area contributed by atoms with Gasteiger partial charge in [0.15, 0.2) is 0 Å². The SMILES string of the molecule is Cc1cnn(CC2CCCN2C(=O)CCc2c(C)nc(C)[nH]c2=O)c1. The second-order valence-corrected chi connectivity index (χ2v) is 6.84. The van der Waals surface area contributed by atoms with E-state index < -0.39 is 0 Å². The number of hydrogen-bond donors (Lipinski definition) is 1. The lowest BCUT2D eigenvalue weighted by molar-refractivity contribution is -0.132. The van der Waals surface area contributed by atoms with Gasteiger partial charge in [0.05, 0.1) is 18.8 Å². The van der Waals surface area contributed by atoms with Gasteiger partial charge >= 0.3 is 0 Å². The fourth-order valence-corrected chi connectivity index (χ4v) is 3.56. The molecule has 0 aromatic carbocycles. The van der Waals surface area contributed by atoms with Crippen molar-refractivity contribution < 1.29 is 4.79 Å². The first kappa shape index (κ1) is 17.4. The number of likely N-dealkylation sites (tertiary alicyclic amines) is 1. The number of carbonyl (C=O) groups excluding carboxylic acids is 1. The lowest BCUT2D eigenvalue weighted by Crippen LogP contribution is -2.38. The van der Waals surface area contributed by atoms with Crippen LogP contribution in [0.15, 0.2) is 17.2 Å². The van der Waals surface area contributed by atoms with Crippen LogP contribution in [0.1, 0.15) is 41.9 Å². The van der Waals surface area contributed by atoms with Crippen LogP contribution in [0.4, 0.5) is 0 Å². The molecule has 1 aliphatic rings. The molecule has 2 aromatic rings. The topological polar surface area (TPSA) is 83.9 Å². The van der Waals surface area contributed by atoms with E-state index in [4.69, 9.17) is 0 Å². The van der Waals surface area contributed by atoms with Crippen molar-refractivity contribution >= 4 is 5.91 Å². The summed E-state index contributed by atoms with van der Waals surface area (Å²) in [6.07, 6.45) is 6.61. The Hall–Kier alpha value is -2.44. The van der Waals surface area contributed by atoms with Crippen LogP contribution < -0.4 is 5.56 Å². The summed E-state index contributed by atoms with van der Waals surface area (Å²) in [5.41, 5.74) is 2.30. The predicted octanol–water partition coefficient (Wildman–Crippen LogP) is 1.52. The zero-order valence-corrected chi connectivity index (χ0v) is 15.1. The Morgan fingerprint density at radius 3 is 2.84 bits per heavy atom. The van der Waals surface area contributed by atoms with E-state index in [0.29, 0.717) is 29.9 Å². The number of aryl methyl sites for hydroxylation is 3. The molecule has 7 heteroatoms. The lowest BCUT2D eigenvalue weighted by Gasteiger charge is -2.25. The van der Waals surface area contributed by atoms with Crippen LogP contribution in [0.5, 0.6) is 0 Å². The van der Waals surface area contributed by atoms with E-state index in [2.05, 4.69) is 15.1 Å². The molecule has 25 heavy (non-hydrogen) atoms. The van der Waals surface area contributed by atoms with Gasteiger partial charge in [-0.1, -0.05) is 0 Å². The van der Waals surface area contributed by atoms with E-state index in [1.54, 1.807) is 6.92 Å². The molecule has 1 atom stereocenters. The molecule has 0 aliphatic carbocycles. The van der Waals surface area contributed by atoms with E-state index >= 15 is 0 Å². The number of aromatic amines is 1. The summed E-state index contributed by atoms with van der Waals surface area (Å²) in [4.78, 5) is 33.7. The lowest BCUT2D eigenvalue weighted by atomic mass is 10.1. The first-order valence-corrected chi connectivity index (χ1v) is 8.79. The van der Waals surface area contributed by atoms with E-state index in [-0.39, 0.29) is 17.5 Å². The highest BCUT2D eigenvalue weighted by Gasteiger charge is 2.29. The van der Waals surface area contributed by atoms with E-state index in [1.807, 2.05) is 35.8 Å². The molecular weight excluding hydrogens is 318 g/mol. The summed E-state index contributed by atoms with van der Waals surface area (Å²) >= 11 is 0. The third kappa shape index (κ3) is 3.97. The fourth-order valence-electron chi connectivity index (χ4n) is 3.56. The average molecular weight is 343 g/mol. The molecule has 1 fully saturated rings. The van der Waals surface area contributed by atoms with Gasteiger partial charge in [-0.2, -0.15) is 5.10 Å². The number of nitrogens with zero attached hydrogens (tertiary/aromatic N) is 4. The molecule has 1 amide bonds. The quantitative estimate of drug-likeness (QED) is 0.892. The van der Waals surface area contributed by atoms with E-state index in [1.165, 1.54) is 0 Å². The largest absolute Gasteiger partial charge is 0.338 e. The number of nitrogens with one attached hydrogen (secondary N) is 1. The van der Waals surface area contributed by atoms with Gasteiger partial charge < -0.3 is 9.88 Å². The maximum atomic E-state index is 12.7. The van der Waals surface area contributed by atoms with Gasteiger partial charge in [-0.25, -0.2) is 4.98 Å². The van der Waals surface area contributed by atoms with Crippen LogP contribution in [0, 0.1) is 20.8 Å². The van der Waals surface area contributed by atoms with Crippen LogP contribution in [0.25, 0.3) is 0 Å². The second-order valence-electron chi connectivity index (χ2n) is 6.84. The minimum absolute atomic E-state index is 0.103. The van der Waals surface area contributed by atoms with Crippen LogP contribution in [-0.4, -0.2) is 43.1 Å². The summed E-state index contributed by atoms with van der Waals surface area (Å²) in [6, 6.07) is 0.183. The Morgan fingerprint density at radius 1 is 1.36 bits per heavy atom. The number of H-pyrrole nitrogens is 1. The number of rotatable bonds is 5. The van der Waals surface area contributed by atoms with Crippen molar-refractivity contribution in [1.29, 1.82) is 0 Å². The molecule has 3 heterocycles. The number of hydrogen-bond acceptors (Lipinski definition) is 4. The molecule has 1 N–H and O–H groups in total. The normalized spacial score (nSPS) is 17.2. The Bertz CT molecular complexity index is 823. The Labute approximate surface area is 147 Å². The minimum atomic E-state index is -0.136. The standard InChI is InChI=1S/C18H25N5O2/c1-12-9-19-22(10-12)11-15-5-4-8-23(15)17(24)7-6-16-13(2)20-14(3)21-18(16)25/h9-10,15H,4-8,11H2,1-3H3,(H,20,21,25). The Morgan fingerprint density at radius 2 is 2.16 bits per heavy atom.